The van der Waals surface area contributed by atoms with Crippen molar-refractivity contribution < 1.29 is 39.8 Å². The third kappa shape index (κ3) is 4.15. The van der Waals surface area contributed by atoms with Crippen molar-refractivity contribution in [2.45, 2.75) is 66.0 Å². The van der Waals surface area contributed by atoms with E-state index in [-0.39, 0.29) is 50.0 Å². The molecule has 2 atom stereocenters. The fourth-order valence-electron chi connectivity index (χ4n) is 5.99. The van der Waals surface area contributed by atoms with Gasteiger partial charge >= 0.3 is 0 Å². The normalized spacial score (nSPS) is 22.3. The van der Waals surface area contributed by atoms with Crippen molar-refractivity contribution in [3.05, 3.63) is 93.5 Å². The summed E-state index contributed by atoms with van der Waals surface area (Å²) in [5, 5.41) is 11.1. The Bertz CT molecular complexity index is 1910. The Hall–Kier alpha value is -3.75. The smallest absolute Gasteiger partial charge is 0.238 e. The van der Waals surface area contributed by atoms with E-state index in [9.17, 15) is 5.11 Å². The van der Waals surface area contributed by atoms with Gasteiger partial charge in [0.25, 0.3) is 0 Å². The number of hydrogen-bond donors (Lipinski definition) is 1. The number of fused-ring (bicyclic) bond motifs is 4. The molecule has 0 bridgehead atoms. The Labute approximate surface area is 259 Å². The van der Waals surface area contributed by atoms with Crippen LogP contribution in [0.5, 0.6) is 17.5 Å². The molecule has 1 aliphatic heterocycles. The second-order valence-electron chi connectivity index (χ2n) is 11.6. The Morgan fingerprint density at radius 2 is 1.88 bits per heavy atom. The van der Waals surface area contributed by atoms with Crippen LogP contribution in [-0.2, 0) is 37.8 Å². The zero-order valence-corrected chi connectivity index (χ0v) is 25.9. The van der Waals surface area contributed by atoms with E-state index in [0.29, 0.717) is 45.4 Å². The van der Waals surface area contributed by atoms with Gasteiger partial charge in [-0.3, -0.25) is 9.84 Å². The van der Waals surface area contributed by atoms with Crippen LogP contribution < -0.4 is 4.74 Å². The van der Waals surface area contributed by atoms with Crippen molar-refractivity contribution in [1.29, 1.82) is 0 Å². The minimum absolute atomic E-state index is 0. The van der Waals surface area contributed by atoms with Gasteiger partial charge in [0.1, 0.15) is 28.2 Å². The van der Waals surface area contributed by atoms with Gasteiger partial charge in [-0.15, -0.1) is 5.56 Å². The summed E-state index contributed by atoms with van der Waals surface area (Å²) < 4.78 is 39.4. The van der Waals surface area contributed by atoms with Crippen molar-refractivity contribution >= 4 is 22.5 Å². The standard InChI is InChI=1S/C33H31N4O3.Pt/c1-18-15-21-13-14-26(36-28(21)29(38)35-18)39-25-16-23(19(2)27(34-8)20(25)3)30-37-32(7)24-12-10-9-11-22(24)17-33(32,40-30)31(4,5)6;/h9-15H,17H2,1-7H3,(H,35,38);/q-1;/t32-,33-;/m0./s1/i7D3;. The molecule has 212 valence electrons. The monoisotopic (exact) mass is 729 g/mol. The summed E-state index contributed by atoms with van der Waals surface area (Å²) in [7, 11) is 0. The van der Waals surface area contributed by atoms with Gasteiger partial charge in [0.05, 0.1) is 6.57 Å². The maximum atomic E-state index is 10.4. The van der Waals surface area contributed by atoms with Gasteiger partial charge in [-0.1, -0.05) is 76.1 Å². The molecule has 0 radical (unpaired) electrons. The van der Waals surface area contributed by atoms with Gasteiger partial charge in [-0.2, -0.15) is 0 Å². The molecule has 6 rings (SSSR count). The number of hydrogen-bond acceptors (Lipinski definition) is 6. The van der Waals surface area contributed by atoms with Gasteiger partial charge in [-0.05, 0) is 37.0 Å². The van der Waals surface area contributed by atoms with E-state index in [1.807, 2.05) is 45.0 Å². The molecule has 1 N–H and O–H groups in total. The number of aliphatic imine (C=N–C) groups is 1. The van der Waals surface area contributed by atoms with Crippen molar-refractivity contribution in [1.82, 2.24) is 9.97 Å². The Kier molecular flexibility index (Phi) is 5.90. The molecule has 0 spiro atoms. The predicted octanol–water partition coefficient (Wildman–Crippen LogP) is 7.43. The van der Waals surface area contributed by atoms with Gasteiger partial charge < -0.3 is 14.6 Å². The molecule has 2 aromatic carbocycles. The molecule has 0 saturated heterocycles. The largest absolute Gasteiger partial charge is 0.510 e. The van der Waals surface area contributed by atoms with Crippen LogP contribution in [0, 0.1) is 38.8 Å². The molecule has 41 heavy (non-hydrogen) atoms. The number of aromatic hydroxyl groups is 1. The molecule has 8 heteroatoms. The fourth-order valence-corrected chi connectivity index (χ4v) is 5.99. The van der Waals surface area contributed by atoms with Crippen LogP contribution in [0.25, 0.3) is 15.7 Å². The zero-order chi connectivity index (χ0) is 31.1. The summed E-state index contributed by atoms with van der Waals surface area (Å²) >= 11 is 0. The van der Waals surface area contributed by atoms with Crippen LogP contribution in [0.3, 0.4) is 0 Å². The predicted molar refractivity (Wildman–Crippen MR) is 154 cm³/mol. The fraction of sp³-hybridized carbons (Fsp3) is 0.333. The minimum atomic E-state index is -2.54. The van der Waals surface area contributed by atoms with Gasteiger partial charge in [0.15, 0.2) is 0 Å². The summed E-state index contributed by atoms with van der Waals surface area (Å²) in [4.78, 5) is 17.3. The molecule has 0 saturated carbocycles. The SMILES string of the molecule is [2H]C([2H])([2H])[C@@]12N=C(c3[c-]c(Oc4ccc5cc(C)nc(O)c5n4)c(C)c([N+]#[C-])c3C)O[C@]1(C(C)(C)C)Cc1ccccc12.[Pt]. The molecule has 4 aromatic rings. The number of rotatable bonds is 3. The van der Waals surface area contributed by atoms with Gasteiger partial charge in [0, 0.05) is 59.9 Å². The number of nitrogens with zero attached hydrogens (tertiary/aromatic N) is 4. The molecular weight excluding hydrogens is 695 g/mol. The van der Waals surface area contributed by atoms with E-state index in [0.717, 1.165) is 5.56 Å². The maximum absolute atomic E-state index is 10.4. The quantitative estimate of drug-likeness (QED) is 0.222. The summed E-state index contributed by atoms with van der Waals surface area (Å²) in [5.74, 6) is 0.283. The first-order chi connectivity index (χ1) is 20.1. The number of benzene rings is 2. The zero-order valence-electron chi connectivity index (χ0n) is 26.6. The van der Waals surface area contributed by atoms with Crippen LogP contribution in [0.1, 0.15) is 65.2 Å². The summed E-state index contributed by atoms with van der Waals surface area (Å²) in [5.41, 5.74) is 0.669. The Morgan fingerprint density at radius 1 is 1.12 bits per heavy atom. The van der Waals surface area contributed by atoms with E-state index in [2.05, 4.69) is 20.9 Å². The summed E-state index contributed by atoms with van der Waals surface area (Å²) in [6.07, 6.45) is 0.361. The van der Waals surface area contributed by atoms with Crippen LogP contribution in [0.2, 0.25) is 0 Å². The molecule has 2 aliphatic rings. The van der Waals surface area contributed by atoms with Crippen LogP contribution >= 0.6 is 0 Å². The molecule has 1 aliphatic carbocycles. The average Bonchev–Trinajstić information content (AvgIpc) is 3.42. The van der Waals surface area contributed by atoms with Gasteiger partial charge in [-0.25, -0.2) is 9.97 Å². The van der Waals surface area contributed by atoms with Crippen molar-refractivity contribution in [3.63, 3.8) is 0 Å². The summed E-state index contributed by atoms with van der Waals surface area (Å²) in [6.45, 7) is 16.6. The number of aryl methyl sites for hydroxylation is 1. The van der Waals surface area contributed by atoms with Crippen molar-refractivity contribution in [3.8, 4) is 17.5 Å². The third-order valence-electron chi connectivity index (χ3n) is 8.14. The van der Waals surface area contributed by atoms with E-state index in [4.69, 9.17) is 25.2 Å². The molecule has 2 aromatic heterocycles. The van der Waals surface area contributed by atoms with Crippen molar-refractivity contribution in [2.75, 3.05) is 0 Å². The molecule has 7 nitrogen and oxygen atoms in total. The number of pyridine rings is 2. The molecule has 0 amide bonds. The summed E-state index contributed by atoms with van der Waals surface area (Å²) in [6, 6.07) is 16.0. The first-order valence-corrected chi connectivity index (χ1v) is 13.1. The van der Waals surface area contributed by atoms with E-state index in [1.54, 1.807) is 39.0 Å². The maximum Gasteiger partial charge on any atom is 0.238 e. The topological polar surface area (TPSA) is 81.2 Å². The second kappa shape index (κ2) is 9.67. The number of ether oxygens (including phenoxy) is 2. The Balaban J connectivity index is 0.00000384. The van der Waals surface area contributed by atoms with E-state index >= 15 is 0 Å². The minimum Gasteiger partial charge on any atom is -0.510 e. The van der Waals surface area contributed by atoms with Crippen LogP contribution in [-0.4, -0.2) is 26.6 Å². The number of aromatic nitrogens is 2. The second-order valence-corrected chi connectivity index (χ2v) is 11.6. The van der Waals surface area contributed by atoms with Crippen molar-refractivity contribution in [2.24, 2.45) is 10.4 Å². The average molecular weight is 730 g/mol. The third-order valence-corrected chi connectivity index (χ3v) is 8.14. The van der Waals surface area contributed by atoms with E-state index < -0.39 is 23.4 Å². The van der Waals surface area contributed by atoms with E-state index in [1.165, 1.54) is 0 Å². The first-order valence-electron chi connectivity index (χ1n) is 14.6. The van der Waals surface area contributed by atoms with Crippen LogP contribution in [0.4, 0.5) is 5.69 Å². The molecule has 3 heterocycles. The first kappa shape index (κ1) is 25.0. The molecule has 0 fully saturated rings. The van der Waals surface area contributed by atoms with Crippen LogP contribution in [0.15, 0.2) is 47.5 Å². The molecular formula is C33H31N4O3Pt-. The van der Waals surface area contributed by atoms with Gasteiger partial charge in [0.2, 0.25) is 11.8 Å². The Morgan fingerprint density at radius 3 is 2.59 bits per heavy atom. The molecule has 0 unspecified atom stereocenters.